The summed E-state index contributed by atoms with van der Waals surface area (Å²) in [5, 5.41) is 3.43. The van der Waals surface area contributed by atoms with E-state index in [-0.39, 0.29) is 11.8 Å². The Labute approximate surface area is 151 Å². The monoisotopic (exact) mass is 366 g/mol. The van der Waals surface area contributed by atoms with Gasteiger partial charge < -0.3 is 19.2 Å². The fraction of sp³-hybridized carbons (Fsp3) is 0.474. The Morgan fingerprint density at radius 3 is 2.65 bits per heavy atom. The number of likely N-dealkylation sites (tertiary alicyclic amines) is 1. The molecule has 1 fully saturated rings. The molecule has 1 N–H and O–H groups in total. The number of benzene rings is 1. The van der Waals surface area contributed by atoms with Gasteiger partial charge in [0.15, 0.2) is 11.5 Å². The number of alkyl halides is 2. The fourth-order valence-corrected chi connectivity index (χ4v) is 3.31. The fourth-order valence-electron chi connectivity index (χ4n) is 3.31. The van der Waals surface area contributed by atoms with Crippen molar-refractivity contribution in [1.82, 2.24) is 10.2 Å². The Bertz CT molecular complexity index is 673. The summed E-state index contributed by atoms with van der Waals surface area (Å²) in [7, 11) is 1.44. The van der Waals surface area contributed by atoms with Crippen molar-refractivity contribution in [3.63, 3.8) is 0 Å². The highest BCUT2D eigenvalue weighted by Gasteiger charge is 2.25. The second kappa shape index (κ2) is 9.00. The minimum atomic E-state index is -2.87. The number of hydrogen-bond acceptors (Lipinski definition) is 5. The molecular weight excluding hydrogens is 342 g/mol. The summed E-state index contributed by atoms with van der Waals surface area (Å²) in [5.41, 5.74) is 0.933. The normalized spacial score (nSPS) is 16.2. The van der Waals surface area contributed by atoms with E-state index in [1.165, 1.54) is 26.0 Å². The molecule has 0 saturated carbocycles. The average molecular weight is 366 g/mol. The molecule has 0 aliphatic carbocycles. The molecule has 7 heteroatoms. The van der Waals surface area contributed by atoms with Crippen LogP contribution in [0, 0.1) is 0 Å². The van der Waals surface area contributed by atoms with Crippen LogP contribution < -0.4 is 14.8 Å². The molecule has 5 nitrogen and oxygen atoms in total. The number of hydrogen-bond donors (Lipinski definition) is 1. The summed E-state index contributed by atoms with van der Waals surface area (Å²) in [6.07, 6.45) is 4.12. The Morgan fingerprint density at radius 2 is 2.00 bits per heavy atom. The van der Waals surface area contributed by atoms with Crippen molar-refractivity contribution in [1.29, 1.82) is 0 Å². The molecule has 142 valence electrons. The van der Waals surface area contributed by atoms with Crippen molar-refractivity contribution in [2.24, 2.45) is 0 Å². The second-order valence-electron chi connectivity index (χ2n) is 6.27. The zero-order chi connectivity index (χ0) is 18.4. The molecule has 1 aliphatic rings. The van der Waals surface area contributed by atoms with Crippen LogP contribution in [0.15, 0.2) is 41.0 Å². The van der Waals surface area contributed by atoms with Gasteiger partial charge in [-0.1, -0.05) is 6.07 Å². The quantitative estimate of drug-likeness (QED) is 0.731. The van der Waals surface area contributed by atoms with E-state index in [1.807, 2.05) is 12.1 Å². The third-order valence-corrected chi connectivity index (χ3v) is 4.56. The van der Waals surface area contributed by atoms with E-state index < -0.39 is 6.61 Å². The van der Waals surface area contributed by atoms with Crippen LogP contribution in [-0.2, 0) is 6.54 Å². The number of methoxy groups -OCH3 is 1. The van der Waals surface area contributed by atoms with Crippen LogP contribution in [0.2, 0.25) is 0 Å². The zero-order valence-corrected chi connectivity index (χ0v) is 14.8. The number of nitrogens with zero attached hydrogens (tertiary/aromatic N) is 1. The van der Waals surface area contributed by atoms with E-state index in [0.717, 1.165) is 31.0 Å². The SMILES string of the molecule is COc1cc(CNCC(c2ccco2)N2CCCC2)ccc1OC(F)F. The number of halogens is 2. The van der Waals surface area contributed by atoms with Crippen molar-refractivity contribution in [3.8, 4) is 11.5 Å². The van der Waals surface area contributed by atoms with Gasteiger partial charge >= 0.3 is 6.61 Å². The largest absolute Gasteiger partial charge is 0.493 e. The van der Waals surface area contributed by atoms with E-state index in [9.17, 15) is 8.78 Å². The third kappa shape index (κ3) is 4.74. The molecule has 0 radical (unpaired) electrons. The Kier molecular flexibility index (Phi) is 6.46. The highest BCUT2D eigenvalue weighted by atomic mass is 19.3. The zero-order valence-electron chi connectivity index (χ0n) is 14.8. The van der Waals surface area contributed by atoms with Gasteiger partial charge in [-0.2, -0.15) is 8.78 Å². The minimum Gasteiger partial charge on any atom is -0.493 e. The Hall–Kier alpha value is -2.12. The highest BCUT2D eigenvalue weighted by molar-refractivity contribution is 5.43. The van der Waals surface area contributed by atoms with Crippen LogP contribution in [0.25, 0.3) is 0 Å². The van der Waals surface area contributed by atoms with E-state index >= 15 is 0 Å². The van der Waals surface area contributed by atoms with Gasteiger partial charge in [-0.15, -0.1) is 0 Å². The van der Waals surface area contributed by atoms with Crippen LogP contribution in [-0.4, -0.2) is 38.3 Å². The van der Waals surface area contributed by atoms with Crippen molar-refractivity contribution in [3.05, 3.63) is 47.9 Å². The molecular formula is C19H24F2N2O3. The molecule has 3 rings (SSSR count). The molecule has 0 bridgehead atoms. The Morgan fingerprint density at radius 1 is 1.19 bits per heavy atom. The number of furan rings is 1. The summed E-state index contributed by atoms with van der Waals surface area (Å²) in [5.74, 6) is 1.29. The van der Waals surface area contributed by atoms with Gasteiger partial charge in [-0.25, -0.2) is 0 Å². The molecule has 1 atom stereocenters. The molecule has 2 heterocycles. The lowest BCUT2D eigenvalue weighted by atomic mass is 10.1. The van der Waals surface area contributed by atoms with Gasteiger partial charge in [-0.3, -0.25) is 4.90 Å². The first-order valence-electron chi connectivity index (χ1n) is 8.77. The summed E-state index contributed by atoms with van der Waals surface area (Å²) in [4.78, 5) is 2.42. The van der Waals surface area contributed by atoms with Crippen molar-refractivity contribution >= 4 is 0 Å². The number of rotatable bonds is 9. The van der Waals surface area contributed by atoms with Gasteiger partial charge in [0.1, 0.15) is 5.76 Å². The van der Waals surface area contributed by atoms with Gasteiger partial charge in [0.25, 0.3) is 0 Å². The summed E-state index contributed by atoms with van der Waals surface area (Å²) in [6, 6.07) is 9.07. The molecule has 1 saturated heterocycles. The van der Waals surface area contributed by atoms with Gasteiger partial charge in [0.05, 0.1) is 19.4 Å². The standard InChI is InChI=1S/C19H24F2N2O3/c1-24-18-11-14(6-7-17(18)26-19(20)21)12-22-13-15(16-5-4-10-25-16)23-8-2-3-9-23/h4-7,10-11,15,19,22H,2-3,8-9,12-13H2,1H3. The smallest absolute Gasteiger partial charge is 0.387 e. The van der Waals surface area contributed by atoms with Crippen LogP contribution in [0.1, 0.15) is 30.2 Å². The maximum absolute atomic E-state index is 12.4. The summed E-state index contributed by atoms with van der Waals surface area (Å²) < 4.78 is 40.0. The molecule has 1 aromatic heterocycles. The van der Waals surface area contributed by atoms with Crippen molar-refractivity contribution in [2.45, 2.75) is 32.0 Å². The molecule has 1 aliphatic heterocycles. The molecule has 1 unspecified atom stereocenters. The lowest BCUT2D eigenvalue weighted by molar-refractivity contribution is -0.0512. The first-order valence-corrected chi connectivity index (χ1v) is 8.77. The maximum Gasteiger partial charge on any atom is 0.387 e. The Balaban J connectivity index is 1.60. The van der Waals surface area contributed by atoms with E-state index in [0.29, 0.717) is 12.3 Å². The van der Waals surface area contributed by atoms with Gasteiger partial charge in [0.2, 0.25) is 0 Å². The van der Waals surface area contributed by atoms with Crippen LogP contribution in [0.5, 0.6) is 11.5 Å². The van der Waals surface area contributed by atoms with E-state index in [2.05, 4.69) is 15.0 Å². The predicted octanol–water partition coefficient (Wildman–Crippen LogP) is 3.82. The third-order valence-electron chi connectivity index (χ3n) is 4.56. The van der Waals surface area contributed by atoms with E-state index in [1.54, 1.807) is 18.4 Å². The first-order chi connectivity index (χ1) is 12.7. The van der Waals surface area contributed by atoms with Gasteiger partial charge in [0, 0.05) is 13.1 Å². The predicted molar refractivity (Wildman–Crippen MR) is 93.6 cm³/mol. The molecule has 0 amide bonds. The van der Waals surface area contributed by atoms with Gasteiger partial charge in [-0.05, 0) is 55.8 Å². The number of nitrogens with one attached hydrogen (secondary N) is 1. The van der Waals surface area contributed by atoms with Crippen LogP contribution in [0.3, 0.4) is 0 Å². The van der Waals surface area contributed by atoms with Crippen LogP contribution >= 0.6 is 0 Å². The molecule has 1 aromatic carbocycles. The highest BCUT2D eigenvalue weighted by Crippen LogP contribution is 2.30. The molecule has 0 spiro atoms. The number of ether oxygens (including phenoxy) is 2. The van der Waals surface area contributed by atoms with E-state index in [4.69, 9.17) is 9.15 Å². The van der Waals surface area contributed by atoms with Crippen molar-refractivity contribution in [2.75, 3.05) is 26.7 Å². The topological polar surface area (TPSA) is 46.9 Å². The summed E-state index contributed by atoms with van der Waals surface area (Å²) >= 11 is 0. The lowest BCUT2D eigenvalue weighted by Crippen LogP contribution is -2.33. The lowest BCUT2D eigenvalue weighted by Gasteiger charge is -2.26. The summed E-state index contributed by atoms with van der Waals surface area (Å²) in [6.45, 7) is 0.602. The molecule has 2 aromatic rings. The second-order valence-corrected chi connectivity index (χ2v) is 6.27. The van der Waals surface area contributed by atoms with Crippen molar-refractivity contribution < 1.29 is 22.7 Å². The van der Waals surface area contributed by atoms with Crippen LogP contribution in [0.4, 0.5) is 8.78 Å². The first kappa shape index (κ1) is 18.7. The average Bonchev–Trinajstić information content (AvgIpc) is 3.33. The molecule has 26 heavy (non-hydrogen) atoms. The minimum absolute atomic E-state index is 0.0387. The maximum atomic E-state index is 12.4.